The fourth-order valence-electron chi connectivity index (χ4n) is 5.04. The largest absolute Gasteiger partial charge is 0.456 e. The summed E-state index contributed by atoms with van der Waals surface area (Å²) in [6, 6.07) is 15.4. The van der Waals surface area contributed by atoms with E-state index in [9.17, 15) is 19.2 Å². The van der Waals surface area contributed by atoms with Crippen LogP contribution >= 0.6 is 0 Å². The Kier molecular flexibility index (Phi) is 9.22. The highest BCUT2D eigenvalue weighted by Gasteiger charge is 2.43. The summed E-state index contributed by atoms with van der Waals surface area (Å²) in [5.41, 5.74) is 6.63. The molecule has 0 aromatic heterocycles. The third-order valence-electron chi connectivity index (χ3n) is 7.47. The number of rotatable bonds is 8. The predicted molar refractivity (Wildman–Crippen MR) is 152 cm³/mol. The van der Waals surface area contributed by atoms with Crippen molar-refractivity contribution in [2.24, 2.45) is 11.1 Å². The molecule has 0 spiro atoms. The minimum absolute atomic E-state index is 0.0931. The van der Waals surface area contributed by atoms with E-state index in [1.807, 2.05) is 30.3 Å². The molecule has 2 aromatic carbocycles. The standard InChI is InChI=1S/C31H38N4O6/c1-31(2,3)26(36)30(39)41-23-13-15-34(16-14-23)29(38)25-17-24(40-19-20-7-5-4-6-8-20)18-35(25)28(37)22-11-9-21(10-12-22)27(32)33/h4-12,23-25H,13-19H2,1-3H3,(H3,32,33)/t24?,25-/m0/s1. The normalized spacial score (nSPS) is 19.6. The van der Waals surface area contributed by atoms with Crippen LogP contribution in [0.5, 0.6) is 0 Å². The van der Waals surface area contributed by atoms with E-state index < -0.39 is 29.3 Å². The summed E-state index contributed by atoms with van der Waals surface area (Å²) in [5, 5.41) is 7.60. The molecule has 2 amide bonds. The first-order valence-electron chi connectivity index (χ1n) is 13.9. The van der Waals surface area contributed by atoms with Gasteiger partial charge in [-0.2, -0.15) is 0 Å². The molecule has 10 nitrogen and oxygen atoms in total. The van der Waals surface area contributed by atoms with Gasteiger partial charge in [0.05, 0.1) is 12.7 Å². The Morgan fingerprint density at radius 1 is 0.927 bits per heavy atom. The second-order valence-corrected chi connectivity index (χ2v) is 11.6. The van der Waals surface area contributed by atoms with Gasteiger partial charge in [0.2, 0.25) is 11.7 Å². The van der Waals surface area contributed by atoms with Crippen LogP contribution < -0.4 is 5.73 Å². The average Bonchev–Trinajstić information content (AvgIpc) is 3.39. The number of benzene rings is 2. The van der Waals surface area contributed by atoms with Gasteiger partial charge in [-0.05, 0) is 17.7 Å². The minimum Gasteiger partial charge on any atom is -0.456 e. The van der Waals surface area contributed by atoms with E-state index in [-0.39, 0.29) is 30.3 Å². The van der Waals surface area contributed by atoms with E-state index in [4.69, 9.17) is 20.6 Å². The molecule has 2 saturated heterocycles. The Morgan fingerprint density at radius 2 is 1.54 bits per heavy atom. The number of Topliss-reactive ketones (excluding diaryl/α,β-unsaturated/α-hetero) is 1. The molecule has 4 rings (SSSR count). The summed E-state index contributed by atoms with van der Waals surface area (Å²) >= 11 is 0. The van der Waals surface area contributed by atoms with Gasteiger partial charge in [-0.1, -0.05) is 63.2 Å². The predicted octanol–water partition coefficient (Wildman–Crippen LogP) is 2.92. The number of ketones is 1. The van der Waals surface area contributed by atoms with Gasteiger partial charge >= 0.3 is 5.97 Å². The maximum absolute atomic E-state index is 13.7. The van der Waals surface area contributed by atoms with Crippen molar-refractivity contribution in [1.29, 1.82) is 5.41 Å². The first-order chi connectivity index (χ1) is 19.4. The monoisotopic (exact) mass is 562 g/mol. The van der Waals surface area contributed by atoms with Crippen LogP contribution in [0.25, 0.3) is 0 Å². The van der Waals surface area contributed by atoms with E-state index in [1.54, 1.807) is 54.8 Å². The van der Waals surface area contributed by atoms with Crippen LogP contribution in [0.3, 0.4) is 0 Å². The number of carbonyl (C=O) groups excluding carboxylic acids is 4. The molecule has 2 aromatic rings. The molecule has 0 aliphatic carbocycles. The van der Waals surface area contributed by atoms with Crippen LogP contribution in [0.15, 0.2) is 54.6 Å². The van der Waals surface area contributed by atoms with Gasteiger partial charge in [0, 0.05) is 55.4 Å². The molecule has 3 N–H and O–H groups in total. The lowest BCUT2D eigenvalue weighted by atomic mass is 9.91. The van der Waals surface area contributed by atoms with Crippen LogP contribution in [-0.2, 0) is 30.5 Å². The van der Waals surface area contributed by atoms with Crippen LogP contribution in [0.4, 0.5) is 0 Å². The maximum Gasteiger partial charge on any atom is 0.375 e. The minimum atomic E-state index is -0.843. The van der Waals surface area contributed by atoms with Crippen LogP contribution in [-0.4, -0.2) is 77.1 Å². The Bertz CT molecular complexity index is 1280. The molecule has 2 aliphatic heterocycles. The fraction of sp³-hybridized carbons (Fsp3) is 0.452. The second kappa shape index (κ2) is 12.6. The van der Waals surface area contributed by atoms with E-state index in [0.29, 0.717) is 50.1 Å². The number of nitrogen functional groups attached to an aromatic ring is 1. The zero-order valence-corrected chi connectivity index (χ0v) is 23.8. The fourth-order valence-corrected chi connectivity index (χ4v) is 5.04. The summed E-state index contributed by atoms with van der Waals surface area (Å²) in [5.74, 6) is -1.99. The number of hydrogen-bond acceptors (Lipinski definition) is 7. The van der Waals surface area contributed by atoms with E-state index in [1.165, 1.54) is 0 Å². The maximum atomic E-state index is 13.7. The zero-order valence-electron chi connectivity index (χ0n) is 23.8. The van der Waals surface area contributed by atoms with Crippen molar-refractivity contribution in [3.05, 3.63) is 71.3 Å². The van der Waals surface area contributed by atoms with Gasteiger partial charge in [0.15, 0.2) is 0 Å². The van der Waals surface area contributed by atoms with E-state index >= 15 is 0 Å². The topological polar surface area (TPSA) is 143 Å². The number of piperidine rings is 1. The Hall–Kier alpha value is -4.05. The summed E-state index contributed by atoms with van der Waals surface area (Å²) < 4.78 is 11.6. The second-order valence-electron chi connectivity index (χ2n) is 11.6. The molecule has 2 atom stereocenters. The van der Waals surface area contributed by atoms with Crippen molar-refractivity contribution < 1.29 is 28.7 Å². The third kappa shape index (κ3) is 7.38. The lowest BCUT2D eigenvalue weighted by molar-refractivity contribution is -0.163. The van der Waals surface area contributed by atoms with Crippen molar-refractivity contribution in [2.75, 3.05) is 19.6 Å². The summed E-state index contributed by atoms with van der Waals surface area (Å²) in [7, 11) is 0. The summed E-state index contributed by atoms with van der Waals surface area (Å²) in [4.78, 5) is 55.1. The molecule has 10 heteroatoms. The molecule has 0 saturated carbocycles. The van der Waals surface area contributed by atoms with E-state index in [0.717, 1.165) is 5.56 Å². The van der Waals surface area contributed by atoms with Crippen molar-refractivity contribution in [2.45, 2.75) is 64.9 Å². The number of likely N-dealkylation sites (tertiary alicyclic amines) is 2. The molecule has 218 valence electrons. The molecule has 1 unspecified atom stereocenters. The number of amidine groups is 1. The van der Waals surface area contributed by atoms with Gasteiger partial charge in [-0.25, -0.2) is 4.79 Å². The third-order valence-corrected chi connectivity index (χ3v) is 7.47. The summed E-state index contributed by atoms with van der Waals surface area (Å²) in [6.07, 6.45) is 0.414. The molecule has 2 aliphatic rings. The molecular weight excluding hydrogens is 524 g/mol. The summed E-state index contributed by atoms with van der Waals surface area (Å²) in [6.45, 7) is 6.33. The van der Waals surface area contributed by atoms with Crippen LogP contribution in [0.1, 0.15) is 61.5 Å². The van der Waals surface area contributed by atoms with Crippen molar-refractivity contribution in [1.82, 2.24) is 9.80 Å². The number of esters is 1. The van der Waals surface area contributed by atoms with Gasteiger partial charge in [-0.3, -0.25) is 19.8 Å². The number of ether oxygens (including phenoxy) is 2. The highest BCUT2D eigenvalue weighted by atomic mass is 16.5. The Labute approximate surface area is 240 Å². The van der Waals surface area contributed by atoms with Gasteiger partial charge < -0.3 is 25.0 Å². The van der Waals surface area contributed by atoms with E-state index in [2.05, 4.69) is 0 Å². The Balaban J connectivity index is 1.43. The first-order valence-corrected chi connectivity index (χ1v) is 13.9. The number of nitrogens with one attached hydrogen (secondary N) is 1. The molecule has 0 bridgehead atoms. The number of carbonyl (C=O) groups is 4. The lowest BCUT2D eigenvalue weighted by Crippen LogP contribution is -2.51. The first kappa shape index (κ1) is 29.9. The highest BCUT2D eigenvalue weighted by Crippen LogP contribution is 2.27. The lowest BCUT2D eigenvalue weighted by Gasteiger charge is -2.35. The van der Waals surface area contributed by atoms with Crippen molar-refractivity contribution in [3.63, 3.8) is 0 Å². The molecule has 41 heavy (non-hydrogen) atoms. The molecular formula is C31H38N4O6. The number of nitrogens with zero attached hydrogens (tertiary/aromatic N) is 2. The average molecular weight is 563 g/mol. The van der Waals surface area contributed by atoms with Crippen molar-refractivity contribution in [3.8, 4) is 0 Å². The highest BCUT2D eigenvalue weighted by molar-refractivity contribution is 6.35. The Morgan fingerprint density at radius 3 is 2.12 bits per heavy atom. The van der Waals surface area contributed by atoms with Gasteiger partial charge in [0.1, 0.15) is 18.0 Å². The van der Waals surface area contributed by atoms with Gasteiger partial charge in [0.25, 0.3) is 5.91 Å². The van der Waals surface area contributed by atoms with Crippen molar-refractivity contribution >= 4 is 29.4 Å². The number of hydrogen-bond donors (Lipinski definition) is 2. The zero-order chi connectivity index (χ0) is 29.7. The van der Waals surface area contributed by atoms with Gasteiger partial charge in [-0.15, -0.1) is 0 Å². The van der Waals surface area contributed by atoms with Crippen LogP contribution in [0.2, 0.25) is 0 Å². The van der Waals surface area contributed by atoms with Crippen LogP contribution in [0, 0.1) is 10.8 Å². The molecule has 2 heterocycles. The number of nitrogens with two attached hydrogens (primary N) is 1. The quantitative estimate of drug-likeness (QED) is 0.218. The number of amides is 2. The molecule has 2 fully saturated rings. The smallest absolute Gasteiger partial charge is 0.375 e. The SMILES string of the molecule is CC(C)(C)C(=O)C(=O)OC1CCN(C(=O)[C@@H]2CC(OCc3ccccc3)CN2C(=O)c2ccc(C(=N)N)cc2)CC1. The molecule has 0 radical (unpaired) electrons.